The van der Waals surface area contributed by atoms with Crippen molar-refractivity contribution in [2.24, 2.45) is 4.99 Å². The molecule has 0 aromatic heterocycles. The van der Waals surface area contributed by atoms with Gasteiger partial charge in [0.15, 0.2) is 5.96 Å². The van der Waals surface area contributed by atoms with E-state index in [9.17, 15) is 5.11 Å². The number of aliphatic imine (C=N–C) groups is 1. The molecule has 144 valence electrons. The molecule has 0 saturated carbocycles. The largest absolute Gasteiger partial charge is 0.387 e. The Labute approximate surface area is 155 Å². The van der Waals surface area contributed by atoms with Crippen LogP contribution in [0.5, 0.6) is 0 Å². The molecule has 2 N–H and O–H groups in total. The predicted octanol–water partition coefficient (Wildman–Crippen LogP) is 1.48. The summed E-state index contributed by atoms with van der Waals surface area (Å²) in [5, 5.41) is 13.9. The summed E-state index contributed by atoms with van der Waals surface area (Å²) in [6.07, 6.45) is 5.84. The highest BCUT2D eigenvalue weighted by atomic mass is 32.2. The summed E-state index contributed by atoms with van der Waals surface area (Å²) < 4.78 is 11.7. The van der Waals surface area contributed by atoms with Crippen molar-refractivity contribution in [3.05, 3.63) is 0 Å². The Morgan fingerprint density at radius 3 is 2.88 bits per heavy atom. The highest BCUT2D eigenvalue weighted by Gasteiger charge is 2.32. The molecule has 3 aliphatic rings. The fourth-order valence-corrected chi connectivity index (χ4v) is 4.91. The maximum Gasteiger partial charge on any atom is 0.194 e. The van der Waals surface area contributed by atoms with E-state index in [1.165, 1.54) is 6.42 Å². The van der Waals surface area contributed by atoms with Gasteiger partial charge in [-0.3, -0.25) is 4.99 Å². The molecule has 2 unspecified atom stereocenters. The number of thioether (sulfide) groups is 1. The standard InChI is InChI=1S/C18H33N3O3S/c1-2-19-17(20-13-18(22)7-11-25-14-18)21-8-5-15(6-9-21)24-12-16-4-3-10-23-16/h15-16,22H,2-14H2,1H3,(H,19,20). The Balaban J connectivity index is 1.44. The second-order valence-electron chi connectivity index (χ2n) is 7.35. The number of piperidine rings is 1. The van der Waals surface area contributed by atoms with Gasteiger partial charge in [0.25, 0.3) is 0 Å². The molecule has 0 aromatic carbocycles. The first kappa shape index (κ1) is 19.3. The molecule has 3 heterocycles. The van der Waals surface area contributed by atoms with Gasteiger partial charge in [0, 0.05) is 32.0 Å². The van der Waals surface area contributed by atoms with E-state index in [1.54, 1.807) is 0 Å². The number of ether oxygens (including phenoxy) is 2. The molecule has 7 heteroatoms. The molecule has 0 spiro atoms. The average Bonchev–Trinajstić information content (AvgIpc) is 3.29. The van der Waals surface area contributed by atoms with Crippen LogP contribution in [0.2, 0.25) is 0 Å². The SMILES string of the molecule is CCNC(=NCC1(O)CCSC1)N1CCC(OCC2CCCO2)CC1. The molecule has 0 amide bonds. The van der Waals surface area contributed by atoms with E-state index in [1.807, 2.05) is 11.8 Å². The molecule has 6 nitrogen and oxygen atoms in total. The molecular formula is C18H33N3O3S. The lowest BCUT2D eigenvalue weighted by molar-refractivity contribution is -0.0367. The Morgan fingerprint density at radius 2 is 2.24 bits per heavy atom. The highest BCUT2D eigenvalue weighted by molar-refractivity contribution is 7.99. The van der Waals surface area contributed by atoms with Gasteiger partial charge in [-0.25, -0.2) is 0 Å². The average molecular weight is 372 g/mol. The topological polar surface area (TPSA) is 66.3 Å². The quantitative estimate of drug-likeness (QED) is 0.545. The van der Waals surface area contributed by atoms with Gasteiger partial charge in [-0.1, -0.05) is 0 Å². The third-order valence-corrected chi connectivity index (χ3v) is 6.46. The molecule has 2 atom stereocenters. The summed E-state index contributed by atoms with van der Waals surface area (Å²) in [7, 11) is 0. The molecular weight excluding hydrogens is 338 g/mol. The second kappa shape index (κ2) is 9.44. The summed E-state index contributed by atoms with van der Waals surface area (Å²) in [6, 6.07) is 0. The minimum absolute atomic E-state index is 0.307. The fraction of sp³-hybridized carbons (Fsp3) is 0.944. The zero-order chi connectivity index (χ0) is 17.5. The monoisotopic (exact) mass is 371 g/mol. The molecule has 3 rings (SSSR count). The van der Waals surface area contributed by atoms with E-state index >= 15 is 0 Å². The maximum absolute atomic E-state index is 10.5. The first-order valence-electron chi connectivity index (χ1n) is 9.75. The number of guanidine groups is 1. The van der Waals surface area contributed by atoms with Gasteiger partial charge >= 0.3 is 0 Å². The minimum atomic E-state index is -0.617. The number of hydrogen-bond donors (Lipinski definition) is 2. The molecule has 25 heavy (non-hydrogen) atoms. The van der Waals surface area contributed by atoms with Crippen LogP contribution in [-0.4, -0.2) is 84.7 Å². The van der Waals surface area contributed by atoms with Crippen LogP contribution in [0.4, 0.5) is 0 Å². The Kier molecular flexibility index (Phi) is 7.28. The van der Waals surface area contributed by atoms with Crippen LogP contribution in [0.25, 0.3) is 0 Å². The molecule has 0 bridgehead atoms. The summed E-state index contributed by atoms with van der Waals surface area (Å²) in [5.74, 6) is 2.77. The van der Waals surface area contributed by atoms with Crippen molar-refractivity contribution in [2.75, 3.05) is 50.9 Å². The van der Waals surface area contributed by atoms with Crippen molar-refractivity contribution < 1.29 is 14.6 Å². The van der Waals surface area contributed by atoms with Crippen LogP contribution in [0.3, 0.4) is 0 Å². The van der Waals surface area contributed by atoms with Crippen LogP contribution >= 0.6 is 11.8 Å². The molecule has 0 aromatic rings. The van der Waals surface area contributed by atoms with Gasteiger partial charge in [-0.05, 0) is 44.8 Å². The van der Waals surface area contributed by atoms with Crippen molar-refractivity contribution >= 4 is 17.7 Å². The van der Waals surface area contributed by atoms with E-state index in [4.69, 9.17) is 14.5 Å². The molecule has 3 aliphatic heterocycles. The number of rotatable bonds is 6. The van der Waals surface area contributed by atoms with E-state index < -0.39 is 5.60 Å². The van der Waals surface area contributed by atoms with Gasteiger partial charge in [-0.2, -0.15) is 11.8 Å². The normalized spacial score (nSPS) is 31.7. The molecule has 3 fully saturated rings. The van der Waals surface area contributed by atoms with E-state index in [0.29, 0.717) is 18.8 Å². The lowest BCUT2D eigenvalue weighted by Gasteiger charge is -2.35. The van der Waals surface area contributed by atoms with Crippen molar-refractivity contribution in [3.63, 3.8) is 0 Å². The summed E-state index contributed by atoms with van der Waals surface area (Å²) in [5.41, 5.74) is -0.617. The number of likely N-dealkylation sites (tertiary alicyclic amines) is 1. The van der Waals surface area contributed by atoms with Gasteiger partial charge in [-0.15, -0.1) is 0 Å². The summed E-state index contributed by atoms with van der Waals surface area (Å²) >= 11 is 1.82. The van der Waals surface area contributed by atoms with Crippen LogP contribution < -0.4 is 5.32 Å². The minimum Gasteiger partial charge on any atom is -0.387 e. The van der Waals surface area contributed by atoms with Gasteiger partial charge < -0.3 is 24.8 Å². The fourth-order valence-electron chi connectivity index (χ4n) is 3.62. The van der Waals surface area contributed by atoms with Gasteiger partial charge in [0.05, 0.1) is 31.0 Å². The van der Waals surface area contributed by atoms with E-state index in [2.05, 4.69) is 17.1 Å². The zero-order valence-corrected chi connectivity index (χ0v) is 16.2. The number of hydrogen-bond acceptors (Lipinski definition) is 5. The van der Waals surface area contributed by atoms with Crippen molar-refractivity contribution in [1.29, 1.82) is 0 Å². The summed E-state index contributed by atoms with van der Waals surface area (Å²) in [4.78, 5) is 7.04. The lowest BCUT2D eigenvalue weighted by atomic mass is 10.0. The van der Waals surface area contributed by atoms with Crippen molar-refractivity contribution in [1.82, 2.24) is 10.2 Å². The van der Waals surface area contributed by atoms with Crippen molar-refractivity contribution in [2.45, 2.75) is 56.8 Å². The third-order valence-electron chi connectivity index (χ3n) is 5.22. The van der Waals surface area contributed by atoms with Crippen LogP contribution in [0, 0.1) is 0 Å². The smallest absolute Gasteiger partial charge is 0.194 e. The first-order valence-corrected chi connectivity index (χ1v) is 10.9. The number of nitrogens with zero attached hydrogens (tertiary/aromatic N) is 2. The Morgan fingerprint density at radius 1 is 1.40 bits per heavy atom. The van der Waals surface area contributed by atoms with Crippen molar-refractivity contribution in [3.8, 4) is 0 Å². The summed E-state index contributed by atoms with van der Waals surface area (Å²) in [6.45, 7) is 6.97. The molecule has 0 aliphatic carbocycles. The number of nitrogens with one attached hydrogen (secondary N) is 1. The second-order valence-corrected chi connectivity index (χ2v) is 8.46. The van der Waals surface area contributed by atoms with Gasteiger partial charge in [0.2, 0.25) is 0 Å². The molecule has 3 saturated heterocycles. The number of aliphatic hydroxyl groups is 1. The van der Waals surface area contributed by atoms with Crippen LogP contribution in [0.1, 0.15) is 39.0 Å². The molecule has 0 radical (unpaired) electrons. The third kappa shape index (κ3) is 5.74. The van der Waals surface area contributed by atoms with Crippen LogP contribution in [-0.2, 0) is 9.47 Å². The van der Waals surface area contributed by atoms with E-state index in [0.717, 1.165) is 76.0 Å². The Hall–Kier alpha value is -0.500. The Bertz CT molecular complexity index is 429. The highest BCUT2D eigenvalue weighted by Crippen LogP contribution is 2.28. The van der Waals surface area contributed by atoms with Gasteiger partial charge in [0.1, 0.15) is 0 Å². The predicted molar refractivity (Wildman–Crippen MR) is 102 cm³/mol. The first-order chi connectivity index (χ1) is 12.2. The van der Waals surface area contributed by atoms with E-state index in [-0.39, 0.29) is 0 Å². The maximum atomic E-state index is 10.5. The lowest BCUT2D eigenvalue weighted by Crippen LogP contribution is -2.48. The zero-order valence-electron chi connectivity index (χ0n) is 15.4. The van der Waals surface area contributed by atoms with Crippen LogP contribution in [0.15, 0.2) is 4.99 Å².